The molecule has 0 bridgehead atoms. The zero-order chi connectivity index (χ0) is 14.1. The summed E-state index contributed by atoms with van der Waals surface area (Å²) in [6, 6.07) is 10.0. The lowest BCUT2D eigenvalue weighted by Crippen LogP contribution is -2.10. The molecule has 0 radical (unpaired) electrons. The predicted molar refractivity (Wildman–Crippen MR) is 84.1 cm³/mol. The number of fused-ring (bicyclic) bond motifs is 1. The molecule has 2 N–H and O–H groups in total. The summed E-state index contributed by atoms with van der Waals surface area (Å²) in [5, 5.41) is 0. The lowest BCUT2D eigenvalue weighted by Gasteiger charge is -2.11. The Morgan fingerprint density at radius 2 is 2.05 bits per heavy atom. The van der Waals surface area contributed by atoms with Crippen LogP contribution in [0.4, 0.5) is 0 Å². The number of aryl methyl sites for hydroxylation is 1. The average molecular weight is 331 g/mol. The summed E-state index contributed by atoms with van der Waals surface area (Å²) in [6.07, 6.45) is 2.53. The maximum Gasteiger partial charge on any atom is 0.153 e. The molecule has 20 heavy (non-hydrogen) atoms. The van der Waals surface area contributed by atoms with E-state index in [9.17, 15) is 0 Å². The molecular weight excluding hydrogens is 316 g/mol. The van der Waals surface area contributed by atoms with Crippen LogP contribution in [0.3, 0.4) is 0 Å². The number of hydrogen-bond acceptors (Lipinski definition) is 3. The molecule has 3 rings (SSSR count). The maximum atomic E-state index is 5.71. The van der Waals surface area contributed by atoms with Gasteiger partial charge in [-0.1, -0.05) is 12.1 Å². The average Bonchev–Trinajstić information content (AvgIpc) is 2.80. The molecule has 0 aliphatic carbocycles. The van der Waals surface area contributed by atoms with Crippen molar-refractivity contribution >= 4 is 27.0 Å². The Balaban J connectivity index is 2.33. The van der Waals surface area contributed by atoms with Gasteiger partial charge in [0.25, 0.3) is 0 Å². The fraction of sp³-hybridized carbons (Fsp3) is 0.200. The minimum absolute atomic E-state index is 0.562. The first-order valence-electron chi connectivity index (χ1n) is 6.50. The van der Waals surface area contributed by atoms with Crippen LogP contribution in [0.15, 0.2) is 41.0 Å². The van der Waals surface area contributed by atoms with E-state index in [1.165, 1.54) is 0 Å². The third-order valence-corrected chi connectivity index (χ3v) is 4.25. The molecule has 0 amide bonds. The standard InChI is InChI=1S/C15H15BrN4/c1-10-7-9-18-15(14(10)16)20-12-5-3-2-4-11(12)19-13(20)6-8-17/h2-5,7,9H,6,8,17H2,1H3. The summed E-state index contributed by atoms with van der Waals surface area (Å²) in [7, 11) is 0. The van der Waals surface area contributed by atoms with E-state index in [0.717, 1.165) is 39.1 Å². The lowest BCUT2D eigenvalue weighted by molar-refractivity contribution is 0.832. The molecule has 0 atom stereocenters. The van der Waals surface area contributed by atoms with Crippen LogP contribution in [0.25, 0.3) is 16.9 Å². The van der Waals surface area contributed by atoms with Gasteiger partial charge in [0.2, 0.25) is 0 Å². The molecule has 5 heteroatoms. The van der Waals surface area contributed by atoms with Gasteiger partial charge in [-0.05, 0) is 53.2 Å². The van der Waals surface area contributed by atoms with E-state index < -0.39 is 0 Å². The van der Waals surface area contributed by atoms with Gasteiger partial charge in [0.1, 0.15) is 5.82 Å². The van der Waals surface area contributed by atoms with Gasteiger partial charge < -0.3 is 5.73 Å². The van der Waals surface area contributed by atoms with Gasteiger partial charge in [0, 0.05) is 12.6 Å². The highest BCUT2D eigenvalue weighted by atomic mass is 79.9. The monoisotopic (exact) mass is 330 g/mol. The zero-order valence-electron chi connectivity index (χ0n) is 11.2. The molecule has 102 valence electrons. The summed E-state index contributed by atoms with van der Waals surface area (Å²) in [5.41, 5.74) is 8.87. The number of para-hydroxylation sites is 2. The van der Waals surface area contributed by atoms with Gasteiger partial charge >= 0.3 is 0 Å². The van der Waals surface area contributed by atoms with Crippen molar-refractivity contribution in [3.8, 4) is 5.82 Å². The molecule has 4 nitrogen and oxygen atoms in total. The largest absolute Gasteiger partial charge is 0.330 e. The number of rotatable bonds is 3. The van der Waals surface area contributed by atoms with Crippen LogP contribution in [-0.4, -0.2) is 21.1 Å². The van der Waals surface area contributed by atoms with Crippen LogP contribution in [0.1, 0.15) is 11.4 Å². The molecule has 2 heterocycles. The minimum Gasteiger partial charge on any atom is -0.330 e. The fourth-order valence-electron chi connectivity index (χ4n) is 2.29. The first-order chi connectivity index (χ1) is 9.72. The Bertz CT molecular complexity index is 764. The number of benzene rings is 1. The quantitative estimate of drug-likeness (QED) is 0.803. The van der Waals surface area contributed by atoms with Crippen molar-refractivity contribution < 1.29 is 0 Å². The van der Waals surface area contributed by atoms with Gasteiger partial charge in [0.15, 0.2) is 5.82 Å². The molecule has 0 aliphatic rings. The van der Waals surface area contributed by atoms with Crippen molar-refractivity contribution in [1.82, 2.24) is 14.5 Å². The molecule has 0 saturated heterocycles. The summed E-state index contributed by atoms with van der Waals surface area (Å²) in [6.45, 7) is 2.61. The number of hydrogen-bond donors (Lipinski definition) is 1. The van der Waals surface area contributed by atoms with Crippen LogP contribution in [0.2, 0.25) is 0 Å². The van der Waals surface area contributed by atoms with Crippen molar-refractivity contribution in [1.29, 1.82) is 0 Å². The number of nitrogens with zero attached hydrogens (tertiary/aromatic N) is 3. The van der Waals surface area contributed by atoms with Gasteiger partial charge in [0.05, 0.1) is 15.5 Å². The van der Waals surface area contributed by atoms with Crippen LogP contribution < -0.4 is 5.73 Å². The van der Waals surface area contributed by atoms with Crippen LogP contribution in [0, 0.1) is 6.92 Å². The van der Waals surface area contributed by atoms with E-state index in [1.54, 1.807) is 0 Å². The highest BCUT2D eigenvalue weighted by Crippen LogP contribution is 2.27. The summed E-state index contributed by atoms with van der Waals surface area (Å²) in [5.74, 6) is 1.80. The number of imidazole rings is 1. The molecule has 0 saturated carbocycles. The second-order valence-electron chi connectivity index (χ2n) is 4.66. The van der Waals surface area contributed by atoms with Crippen molar-refractivity contribution in [3.63, 3.8) is 0 Å². The summed E-state index contributed by atoms with van der Waals surface area (Å²) < 4.78 is 3.07. The van der Waals surface area contributed by atoms with Crippen molar-refractivity contribution in [2.24, 2.45) is 5.73 Å². The van der Waals surface area contributed by atoms with E-state index in [4.69, 9.17) is 5.73 Å². The van der Waals surface area contributed by atoms with E-state index in [0.29, 0.717) is 6.54 Å². The summed E-state index contributed by atoms with van der Waals surface area (Å²) in [4.78, 5) is 9.18. The van der Waals surface area contributed by atoms with Crippen molar-refractivity contribution in [2.75, 3.05) is 6.54 Å². The van der Waals surface area contributed by atoms with E-state index in [1.807, 2.05) is 30.5 Å². The highest BCUT2D eigenvalue weighted by Gasteiger charge is 2.15. The second kappa shape index (κ2) is 5.34. The normalized spacial score (nSPS) is 11.2. The lowest BCUT2D eigenvalue weighted by atomic mass is 10.3. The Kier molecular flexibility index (Phi) is 3.54. The Morgan fingerprint density at radius 1 is 1.25 bits per heavy atom. The van der Waals surface area contributed by atoms with E-state index in [-0.39, 0.29) is 0 Å². The van der Waals surface area contributed by atoms with Crippen molar-refractivity contribution in [3.05, 3.63) is 52.4 Å². The maximum absolute atomic E-state index is 5.71. The topological polar surface area (TPSA) is 56.7 Å². The van der Waals surface area contributed by atoms with Gasteiger partial charge in [-0.2, -0.15) is 0 Å². The number of aromatic nitrogens is 3. The third kappa shape index (κ3) is 2.13. The van der Waals surface area contributed by atoms with Crippen LogP contribution in [-0.2, 0) is 6.42 Å². The van der Waals surface area contributed by atoms with E-state index >= 15 is 0 Å². The molecule has 0 spiro atoms. The number of pyridine rings is 1. The van der Waals surface area contributed by atoms with Crippen LogP contribution >= 0.6 is 15.9 Å². The summed E-state index contributed by atoms with van der Waals surface area (Å²) >= 11 is 3.63. The zero-order valence-corrected chi connectivity index (χ0v) is 12.8. The molecular formula is C15H15BrN4. The molecule has 0 fully saturated rings. The van der Waals surface area contributed by atoms with Gasteiger partial charge in [-0.25, -0.2) is 9.97 Å². The third-order valence-electron chi connectivity index (χ3n) is 3.27. The second-order valence-corrected chi connectivity index (χ2v) is 5.45. The van der Waals surface area contributed by atoms with Gasteiger partial charge in [-0.3, -0.25) is 4.57 Å². The molecule has 1 aromatic carbocycles. The fourth-order valence-corrected chi connectivity index (χ4v) is 2.70. The first-order valence-corrected chi connectivity index (χ1v) is 7.29. The van der Waals surface area contributed by atoms with Crippen molar-refractivity contribution in [2.45, 2.75) is 13.3 Å². The van der Waals surface area contributed by atoms with Gasteiger partial charge in [-0.15, -0.1) is 0 Å². The first kappa shape index (κ1) is 13.3. The highest BCUT2D eigenvalue weighted by molar-refractivity contribution is 9.10. The smallest absolute Gasteiger partial charge is 0.153 e. The van der Waals surface area contributed by atoms with E-state index in [2.05, 4.69) is 43.5 Å². The molecule has 0 aliphatic heterocycles. The molecule has 2 aromatic heterocycles. The number of halogens is 1. The Morgan fingerprint density at radius 3 is 2.85 bits per heavy atom. The molecule has 3 aromatic rings. The predicted octanol–water partition coefficient (Wildman–Crippen LogP) is 2.99. The molecule has 0 unspecified atom stereocenters. The Hall–Kier alpha value is -1.72. The minimum atomic E-state index is 0.562. The Labute approximate surface area is 125 Å². The van der Waals surface area contributed by atoms with Crippen LogP contribution in [0.5, 0.6) is 0 Å². The number of nitrogens with two attached hydrogens (primary N) is 1. The SMILES string of the molecule is Cc1ccnc(-n2c(CCN)nc3ccccc32)c1Br.